The van der Waals surface area contributed by atoms with E-state index in [1.807, 2.05) is 30.3 Å². The number of hydrogen-bond donors (Lipinski definition) is 1. The molecule has 0 unspecified atom stereocenters. The van der Waals surface area contributed by atoms with Crippen molar-refractivity contribution in [2.75, 3.05) is 13.7 Å². The Morgan fingerprint density at radius 1 is 1.20 bits per heavy atom. The Balaban J connectivity index is 1.70. The van der Waals surface area contributed by atoms with Gasteiger partial charge in [-0.15, -0.1) is 0 Å². The lowest BCUT2D eigenvalue weighted by Gasteiger charge is -2.07. The molecule has 0 spiro atoms. The Morgan fingerprint density at radius 3 is 2.84 bits per heavy atom. The topological polar surface area (TPSA) is 68.5 Å². The molecular weight excluding hydrogens is 386 g/mol. The monoisotopic (exact) mass is 401 g/mol. The van der Waals surface area contributed by atoms with E-state index in [0.717, 1.165) is 15.8 Å². The normalized spacial score (nSPS) is 10.6. The maximum Gasteiger partial charge on any atom is 0.344 e. The third-order valence-electron chi connectivity index (χ3n) is 3.78. The molecule has 6 heteroatoms. The van der Waals surface area contributed by atoms with Gasteiger partial charge < -0.3 is 14.5 Å². The standard InChI is InChI=1S/C19H16BrNO4/c1-24-15-4-2-3-12(9-15)7-8-21-18(22)17-10-13-5-6-14(20)11-16(13)19(23)25-17/h2-6,9-11H,7-8H2,1H3,(H,21,22). The molecule has 25 heavy (non-hydrogen) atoms. The van der Waals surface area contributed by atoms with Crippen LogP contribution in [0, 0.1) is 0 Å². The molecular formula is C19H16BrNO4. The molecule has 0 atom stereocenters. The SMILES string of the molecule is COc1cccc(CCNC(=O)c2cc3ccc(Br)cc3c(=O)o2)c1. The number of carbonyl (C=O) groups is 1. The summed E-state index contributed by atoms with van der Waals surface area (Å²) in [7, 11) is 1.61. The number of carbonyl (C=O) groups excluding carboxylic acids is 1. The van der Waals surface area contributed by atoms with Gasteiger partial charge in [0.15, 0.2) is 5.76 Å². The molecule has 0 aliphatic carbocycles. The minimum Gasteiger partial charge on any atom is -0.497 e. The minimum atomic E-state index is -0.531. The fraction of sp³-hybridized carbons (Fsp3) is 0.158. The first kappa shape index (κ1) is 17.2. The first-order valence-electron chi connectivity index (χ1n) is 7.71. The van der Waals surface area contributed by atoms with Crippen LogP contribution in [0.25, 0.3) is 10.8 Å². The zero-order valence-electron chi connectivity index (χ0n) is 13.5. The molecule has 3 aromatic rings. The van der Waals surface area contributed by atoms with Gasteiger partial charge in [-0.3, -0.25) is 4.79 Å². The van der Waals surface area contributed by atoms with Crippen LogP contribution in [-0.4, -0.2) is 19.6 Å². The third-order valence-corrected chi connectivity index (χ3v) is 4.27. The summed E-state index contributed by atoms with van der Waals surface area (Å²) in [5, 5.41) is 3.86. The summed E-state index contributed by atoms with van der Waals surface area (Å²) in [4.78, 5) is 24.3. The largest absolute Gasteiger partial charge is 0.497 e. The number of methoxy groups -OCH3 is 1. The molecule has 1 heterocycles. The molecule has 5 nitrogen and oxygen atoms in total. The highest BCUT2D eigenvalue weighted by Gasteiger charge is 2.12. The Bertz CT molecular complexity index is 981. The van der Waals surface area contributed by atoms with Crippen LogP contribution in [0.15, 0.2) is 62.2 Å². The Labute approximate surface area is 152 Å². The van der Waals surface area contributed by atoms with Crippen molar-refractivity contribution < 1.29 is 13.9 Å². The van der Waals surface area contributed by atoms with E-state index in [0.29, 0.717) is 23.7 Å². The van der Waals surface area contributed by atoms with Gasteiger partial charge in [0.1, 0.15) is 5.75 Å². The average molecular weight is 402 g/mol. The van der Waals surface area contributed by atoms with E-state index >= 15 is 0 Å². The molecule has 0 fully saturated rings. The Morgan fingerprint density at radius 2 is 2.04 bits per heavy atom. The maximum absolute atomic E-state index is 12.2. The zero-order chi connectivity index (χ0) is 17.8. The molecule has 0 bridgehead atoms. The fourth-order valence-electron chi connectivity index (χ4n) is 2.50. The predicted octanol–water partition coefficient (Wildman–Crippen LogP) is 3.54. The number of fused-ring (bicyclic) bond motifs is 1. The van der Waals surface area contributed by atoms with Gasteiger partial charge in [0, 0.05) is 11.0 Å². The van der Waals surface area contributed by atoms with Crippen molar-refractivity contribution in [3.8, 4) is 5.75 Å². The lowest BCUT2D eigenvalue weighted by molar-refractivity contribution is 0.0922. The maximum atomic E-state index is 12.2. The highest BCUT2D eigenvalue weighted by Crippen LogP contribution is 2.18. The van der Waals surface area contributed by atoms with Gasteiger partial charge in [-0.2, -0.15) is 0 Å². The number of ether oxygens (including phenoxy) is 1. The predicted molar refractivity (Wildman–Crippen MR) is 99.2 cm³/mol. The molecule has 0 radical (unpaired) electrons. The number of rotatable bonds is 5. The molecule has 0 saturated heterocycles. The van der Waals surface area contributed by atoms with E-state index in [9.17, 15) is 9.59 Å². The molecule has 1 N–H and O–H groups in total. The summed E-state index contributed by atoms with van der Waals surface area (Å²) in [6.45, 7) is 0.425. The van der Waals surface area contributed by atoms with Crippen molar-refractivity contribution in [3.05, 3.63) is 74.7 Å². The van der Waals surface area contributed by atoms with Gasteiger partial charge in [-0.25, -0.2) is 4.79 Å². The van der Waals surface area contributed by atoms with Crippen LogP contribution in [-0.2, 0) is 6.42 Å². The van der Waals surface area contributed by atoms with Gasteiger partial charge >= 0.3 is 5.63 Å². The van der Waals surface area contributed by atoms with Gasteiger partial charge in [0.25, 0.3) is 5.91 Å². The second-order valence-electron chi connectivity index (χ2n) is 5.49. The second kappa shape index (κ2) is 7.53. The van der Waals surface area contributed by atoms with E-state index in [1.165, 1.54) is 0 Å². The minimum absolute atomic E-state index is 0.00506. The van der Waals surface area contributed by atoms with Crippen molar-refractivity contribution in [1.82, 2.24) is 5.32 Å². The van der Waals surface area contributed by atoms with E-state index < -0.39 is 11.5 Å². The lowest BCUT2D eigenvalue weighted by Crippen LogP contribution is -2.26. The van der Waals surface area contributed by atoms with Crippen molar-refractivity contribution in [2.24, 2.45) is 0 Å². The van der Waals surface area contributed by atoms with Crippen LogP contribution in [0.1, 0.15) is 16.1 Å². The van der Waals surface area contributed by atoms with Crippen LogP contribution in [0.4, 0.5) is 0 Å². The van der Waals surface area contributed by atoms with Crippen molar-refractivity contribution >= 4 is 32.6 Å². The Kier molecular flexibility index (Phi) is 5.19. The van der Waals surface area contributed by atoms with E-state index in [2.05, 4.69) is 21.2 Å². The first-order valence-corrected chi connectivity index (χ1v) is 8.50. The first-order chi connectivity index (χ1) is 12.1. The van der Waals surface area contributed by atoms with E-state index in [1.54, 1.807) is 25.3 Å². The van der Waals surface area contributed by atoms with Gasteiger partial charge in [0.2, 0.25) is 0 Å². The van der Waals surface area contributed by atoms with Crippen molar-refractivity contribution in [3.63, 3.8) is 0 Å². The highest BCUT2D eigenvalue weighted by atomic mass is 79.9. The number of nitrogens with one attached hydrogen (secondary N) is 1. The molecule has 3 rings (SSSR count). The summed E-state index contributed by atoms with van der Waals surface area (Å²) in [6, 6.07) is 14.5. The molecule has 0 aliphatic rings. The van der Waals surface area contributed by atoms with Crippen molar-refractivity contribution in [2.45, 2.75) is 6.42 Å². The summed E-state index contributed by atoms with van der Waals surface area (Å²) < 4.78 is 11.1. The van der Waals surface area contributed by atoms with Crippen LogP contribution < -0.4 is 15.7 Å². The summed E-state index contributed by atoms with van der Waals surface area (Å²) in [6.07, 6.45) is 0.647. The number of benzene rings is 2. The fourth-order valence-corrected chi connectivity index (χ4v) is 2.87. The molecule has 0 saturated carbocycles. The van der Waals surface area contributed by atoms with E-state index in [4.69, 9.17) is 9.15 Å². The lowest BCUT2D eigenvalue weighted by atomic mass is 10.1. The molecule has 1 amide bonds. The number of hydrogen-bond acceptors (Lipinski definition) is 4. The van der Waals surface area contributed by atoms with Gasteiger partial charge in [-0.05, 0) is 47.7 Å². The average Bonchev–Trinajstić information content (AvgIpc) is 2.62. The van der Waals surface area contributed by atoms with E-state index in [-0.39, 0.29) is 5.76 Å². The van der Waals surface area contributed by atoms with Crippen LogP contribution in [0.2, 0.25) is 0 Å². The number of halogens is 1. The highest BCUT2D eigenvalue weighted by molar-refractivity contribution is 9.10. The molecule has 1 aromatic heterocycles. The third kappa shape index (κ3) is 4.09. The van der Waals surface area contributed by atoms with Crippen LogP contribution >= 0.6 is 15.9 Å². The summed E-state index contributed by atoms with van der Waals surface area (Å²) in [5.41, 5.74) is 0.515. The van der Waals surface area contributed by atoms with Crippen LogP contribution in [0.5, 0.6) is 5.75 Å². The van der Waals surface area contributed by atoms with Crippen molar-refractivity contribution in [1.29, 1.82) is 0 Å². The quantitative estimate of drug-likeness (QED) is 0.709. The molecule has 128 valence electrons. The molecule has 2 aromatic carbocycles. The smallest absolute Gasteiger partial charge is 0.344 e. The van der Waals surface area contributed by atoms with Gasteiger partial charge in [-0.1, -0.05) is 34.1 Å². The Hall–Kier alpha value is -2.60. The summed E-state index contributed by atoms with van der Waals surface area (Å²) >= 11 is 3.31. The zero-order valence-corrected chi connectivity index (χ0v) is 15.1. The number of amides is 1. The summed E-state index contributed by atoms with van der Waals surface area (Å²) in [5.74, 6) is 0.366. The second-order valence-corrected chi connectivity index (χ2v) is 6.40. The van der Waals surface area contributed by atoms with Crippen LogP contribution in [0.3, 0.4) is 0 Å². The van der Waals surface area contributed by atoms with Gasteiger partial charge in [0.05, 0.1) is 12.5 Å². The molecule has 0 aliphatic heterocycles.